The van der Waals surface area contributed by atoms with Gasteiger partial charge in [0.15, 0.2) is 10.9 Å². The molecule has 1 aromatic heterocycles. The number of rotatable bonds is 8. The summed E-state index contributed by atoms with van der Waals surface area (Å²) >= 11 is 14.2. The Morgan fingerprint density at radius 3 is 2.61 bits per heavy atom. The Labute approximate surface area is 197 Å². The number of nitrogens with zero attached hydrogens (tertiary/aromatic N) is 2. The van der Waals surface area contributed by atoms with Gasteiger partial charge in [-0.1, -0.05) is 64.0 Å². The largest absolute Gasteiger partial charge is 0.482 e. The van der Waals surface area contributed by atoms with Crippen molar-refractivity contribution in [2.45, 2.75) is 18.2 Å². The molecule has 3 aromatic rings. The van der Waals surface area contributed by atoms with Crippen LogP contribution in [0.25, 0.3) is 0 Å². The van der Waals surface area contributed by atoms with E-state index in [-0.39, 0.29) is 18.3 Å². The summed E-state index contributed by atoms with van der Waals surface area (Å²) in [6.07, 6.45) is 0. The lowest BCUT2D eigenvalue weighted by molar-refractivity contribution is -0.118. The number of anilines is 2. The average Bonchev–Trinajstić information content (AvgIpc) is 3.15. The average molecular weight is 497 g/mol. The van der Waals surface area contributed by atoms with E-state index in [9.17, 15) is 9.59 Å². The van der Waals surface area contributed by atoms with E-state index in [0.29, 0.717) is 25.3 Å². The summed E-state index contributed by atoms with van der Waals surface area (Å²) in [4.78, 5) is 24.3. The maximum Gasteiger partial charge on any atom is 0.264 e. The van der Waals surface area contributed by atoms with Crippen molar-refractivity contribution in [1.29, 1.82) is 0 Å². The van der Waals surface area contributed by atoms with E-state index in [2.05, 4.69) is 20.8 Å². The molecule has 2 amide bonds. The van der Waals surface area contributed by atoms with Gasteiger partial charge in [-0.15, -0.1) is 10.2 Å². The number of thioether (sulfide) groups is 1. The van der Waals surface area contributed by atoms with Crippen LogP contribution in [0.5, 0.6) is 5.75 Å². The zero-order valence-electron chi connectivity index (χ0n) is 16.6. The molecule has 0 aliphatic carbocycles. The number of amides is 2. The van der Waals surface area contributed by atoms with E-state index in [1.807, 2.05) is 32.0 Å². The molecular formula is C20H18Cl2N4O3S2. The number of benzene rings is 2. The standard InChI is InChI=1S/C20H18Cl2N4O3S2/c1-11-3-5-15(12(2)7-11)23-18(28)10-30-20-26-25-19(31-20)24-17(27)9-29-16-6-4-13(21)8-14(16)22/h3-8H,9-10H2,1-2H3,(H,23,28)(H,24,25,27). The van der Waals surface area contributed by atoms with Crippen LogP contribution in [0.15, 0.2) is 40.7 Å². The molecule has 2 N–H and O–H groups in total. The fraction of sp³-hybridized carbons (Fsp3) is 0.200. The quantitative estimate of drug-likeness (QED) is 0.328. The van der Waals surface area contributed by atoms with Gasteiger partial charge < -0.3 is 10.1 Å². The molecule has 0 fully saturated rings. The van der Waals surface area contributed by atoms with E-state index >= 15 is 0 Å². The lowest BCUT2D eigenvalue weighted by Crippen LogP contribution is -2.20. The third-order valence-electron chi connectivity index (χ3n) is 3.89. The minimum absolute atomic E-state index is 0.147. The highest BCUT2D eigenvalue weighted by Gasteiger charge is 2.12. The van der Waals surface area contributed by atoms with Gasteiger partial charge in [0, 0.05) is 10.7 Å². The Bertz CT molecular complexity index is 1110. The second-order valence-electron chi connectivity index (χ2n) is 6.44. The zero-order chi connectivity index (χ0) is 22.4. The molecule has 0 aliphatic heterocycles. The smallest absolute Gasteiger partial charge is 0.264 e. The molecule has 0 aliphatic rings. The van der Waals surface area contributed by atoms with Gasteiger partial charge in [-0.3, -0.25) is 14.9 Å². The highest BCUT2D eigenvalue weighted by molar-refractivity contribution is 8.01. The first-order valence-electron chi connectivity index (χ1n) is 9.01. The van der Waals surface area contributed by atoms with Crippen molar-refractivity contribution in [2.75, 3.05) is 23.0 Å². The topological polar surface area (TPSA) is 93.2 Å². The van der Waals surface area contributed by atoms with Crippen LogP contribution in [-0.2, 0) is 9.59 Å². The van der Waals surface area contributed by atoms with E-state index in [1.165, 1.54) is 29.2 Å². The van der Waals surface area contributed by atoms with Crippen LogP contribution in [0.1, 0.15) is 11.1 Å². The van der Waals surface area contributed by atoms with Crippen LogP contribution in [0.4, 0.5) is 10.8 Å². The van der Waals surface area contributed by atoms with Crippen LogP contribution >= 0.6 is 46.3 Å². The SMILES string of the molecule is Cc1ccc(NC(=O)CSc2nnc(NC(=O)COc3ccc(Cl)cc3Cl)s2)c(C)c1. The molecule has 0 radical (unpaired) electrons. The highest BCUT2D eigenvalue weighted by atomic mass is 35.5. The normalized spacial score (nSPS) is 10.6. The Kier molecular flexibility index (Phi) is 8.14. The van der Waals surface area contributed by atoms with Crippen molar-refractivity contribution in [1.82, 2.24) is 10.2 Å². The molecule has 0 unspecified atom stereocenters. The van der Waals surface area contributed by atoms with Crippen LogP contribution in [0.2, 0.25) is 10.0 Å². The first-order valence-corrected chi connectivity index (χ1v) is 11.6. The van der Waals surface area contributed by atoms with Crippen molar-refractivity contribution in [2.24, 2.45) is 0 Å². The number of aryl methyl sites for hydroxylation is 2. The number of halogens is 2. The third-order valence-corrected chi connectivity index (χ3v) is 6.39. The number of hydrogen-bond acceptors (Lipinski definition) is 7. The number of nitrogens with one attached hydrogen (secondary N) is 2. The summed E-state index contributed by atoms with van der Waals surface area (Å²) < 4.78 is 5.94. The lowest BCUT2D eigenvalue weighted by Gasteiger charge is -2.08. The molecule has 0 spiro atoms. The van der Waals surface area contributed by atoms with Gasteiger partial charge in [0.2, 0.25) is 11.0 Å². The first-order chi connectivity index (χ1) is 14.8. The molecule has 7 nitrogen and oxygen atoms in total. The molecule has 3 rings (SSSR count). The minimum atomic E-state index is -0.411. The molecule has 0 bridgehead atoms. The Morgan fingerprint density at radius 2 is 1.87 bits per heavy atom. The molecule has 0 saturated carbocycles. The first kappa shape index (κ1) is 23.3. The van der Waals surface area contributed by atoms with Gasteiger partial charge in [0.1, 0.15) is 5.75 Å². The predicted octanol–water partition coefficient (Wildman–Crippen LogP) is 5.21. The Hall–Kier alpha value is -2.33. The molecule has 1 heterocycles. The summed E-state index contributed by atoms with van der Waals surface area (Å²) in [5, 5.41) is 14.5. The molecule has 2 aromatic carbocycles. The van der Waals surface area contributed by atoms with Crippen molar-refractivity contribution < 1.29 is 14.3 Å². The van der Waals surface area contributed by atoms with Gasteiger partial charge in [-0.05, 0) is 43.7 Å². The van der Waals surface area contributed by atoms with Gasteiger partial charge in [0.25, 0.3) is 5.91 Å². The lowest BCUT2D eigenvalue weighted by atomic mass is 10.1. The number of hydrogen-bond donors (Lipinski definition) is 2. The summed E-state index contributed by atoms with van der Waals surface area (Å²) in [7, 11) is 0. The minimum Gasteiger partial charge on any atom is -0.482 e. The van der Waals surface area contributed by atoms with Crippen molar-refractivity contribution >= 4 is 68.9 Å². The van der Waals surface area contributed by atoms with Gasteiger partial charge >= 0.3 is 0 Å². The van der Waals surface area contributed by atoms with Gasteiger partial charge in [0.05, 0.1) is 10.8 Å². The van der Waals surface area contributed by atoms with E-state index in [4.69, 9.17) is 27.9 Å². The van der Waals surface area contributed by atoms with Gasteiger partial charge in [-0.25, -0.2) is 0 Å². The number of carbonyl (C=O) groups excluding carboxylic acids is 2. The summed E-state index contributed by atoms with van der Waals surface area (Å²) in [6.45, 7) is 3.70. The highest BCUT2D eigenvalue weighted by Crippen LogP contribution is 2.28. The third kappa shape index (κ3) is 7.10. The van der Waals surface area contributed by atoms with Gasteiger partial charge in [-0.2, -0.15) is 0 Å². The van der Waals surface area contributed by atoms with Crippen LogP contribution in [0, 0.1) is 13.8 Å². The van der Waals surface area contributed by atoms with Crippen molar-refractivity contribution in [3.05, 3.63) is 57.6 Å². The summed E-state index contributed by atoms with van der Waals surface area (Å²) in [5.41, 5.74) is 2.92. The zero-order valence-corrected chi connectivity index (χ0v) is 19.7. The van der Waals surface area contributed by atoms with Crippen molar-refractivity contribution in [3.63, 3.8) is 0 Å². The molecule has 162 valence electrons. The fourth-order valence-electron chi connectivity index (χ4n) is 2.48. The summed E-state index contributed by atoms with van der Waals surface area (Å²) in [5.74, 6) is -0.0320. The Balaban J connectivity index is 1.45. The maximum absolute atomic E-state index is 12.2. The monoisotopic (exact) mass is 496 g/mol. The van der Waals surface area contributed by atoms with Crippen LogP contribution < -0.4 is 15.4 Å². The maximum atomic E-state index is 12.2. The number of ether oxygens (including phenoxy) is 1. The van der Waals surface area contributed by atoms with E-state index < -0.39 is 5.91 Å². The predicted molar refractivity (Wildman–Crippen MR) is 126 cm³/mol. The fourth-order valence-corrected chi connectivity index (χ4v) is 4.51. The van der Waals surface area contributed by atoms with Crippen LogP contribution in [-0.4, -0.2) is 34.4 Å². The Morgan fingerprint density at radius 1 is 1.06 bits per heavy atom. The van der Waals surface area contributed by atoms with Crippen molar-refractivity contribution in [3.8, 4) is 5.75 Å². The molecular weight excluding hydrogens is 479 g/mol. The van der Waals surface area contributed by atoms with E-state index in [0.717, 1.165) is 16.8 Å². The second-order valence-corrected chi connectivity index (χ2v) is 9.48. The summed E-state index contributed by atoms with van der Waals surface area (Å²) in [6, 6.07) is 10.6. The van der Waals surface area contributed by atoms with E-state index in [1.54, 1.807) is 12.1 Å². The number of carbonyl (C=O) groups is 2. The molecule has 11 heteroatoms. The molecule has 0 saturated heterocycles. The number of aromatic nitrogens is 2. The molecule has 31 heavy (non-hydrogen) atoms. The van der Waals surface area contributed by atoms with Crippen LogP contribution in [0.3, 0.4) is 0 Å². The second kappa shape index (κ2) is 10.8. The molecule has 0 atom stereocenters.